The third-order valence-electron chi connectivity index (χ3n) is 1.75. The number of nitrogens with zero attached hydrogens (tertiary/aromatic N) is 1. The molecule has 0 aliphatic carbocycles. The van der Waals surface area contributed by atoms with E-state index in [0.717, 1.165) is 15.6 Å². The average molecular weight is 198 g/mol. The van der Waals surface area contributed by atoms with Crippen LogP contribution in [0.4, 0.5) is 0 Å². The number of amides is 1. The molecule has 0 radical (unpaired) electrons. The monoisotopic (exact) mass is 198 g/mol. The number of hydrogen-bond acceptors (Lipinski definition) is 3. The molecule has 1 atom stereocenters. The predicted octanol–water partition coefficient (Wildman–Crippen LogP) is 1.96. The number of rotatable bonds is 2. The van der Waals surface area contributed by atoms with Crippen molar-refractivity contribution in [1.82, 2.24) is 10.3 Å². The molecule has 4 heteroatoms. The van der Waals surface area contributed by atoms with Crippen LogP contribution in [0, 0.1) is 13.8 Å². The van der Waals surface area contributed by atoms with E-state index in [4.69, 9.17) is 0 Å². The lowest BCUT2D eigenvalue weighted by Crippen LogP contribution is -2.23. The highest BCUT2D eigenvalue weighted by atomic mass is 32.1. The van der Waals surface area contributed by atoms with Gasteiger partial charge in [-0.3, -0.25) is 4.79 Å². The number of nitrogens with one attached hydrogen (secondary N) is 1. The maximum Gasteiger partial charge on any atom is 0.217 e. The Kier molecular flexibility index (Phi) is 3.03. The standard InChI is InChI=1S/C9H14N2OS/c1-5(10-7(3)12)9-6(2)11-8(4)13-9/h5H,1-4H3,(H,10,12)/t5-/m0/s1. The van der Waals surface area contributed by atoms with Gasteiger partial charge in [0.2, 0.25) is 5.91 Å². The third kappa shape index (κ3) is 2.52. The molecule has 0 fully saturated rings. The molecule has 0 saturated heterocycles. The van der Waals surface area contributed by atoms with E-state index in [1.54, 1.807) is 11.3 Å². The van der Waals surface area contributed by atoms with E-state index in [1.807, 2.05) is 20.8 Å². The quantitative estimate of drug-likeness (QED) is 0.789. The van der Waals surface area contributed by atoms with Gasteiger partial charge in [-0.2, -0.15) is 0 Å². The number of thiazole rings is 1. The van der Waals surface area contributed by atoms with Crippen molar-refractivity contribution in [2.24, 2.45) is 0 Å². The first-order valence-electron chi connectivity index (χ1n) is 4.21. The van der Waals surface area contributed by atoms with Crippen molar-refractivity contribution in [2.75, 3.05) is 0 Å². The zero-order valence-electron chi connectivity index (χ0n) is 8.34. The minimum atomic E-state index is -0.00190. The summed E-state index contributed by atoms with van der Waals surface area (Å²) in [4.78, 5) is 16.3. The molecule has 1 aromatic rings. The summed E-state index contributed by atoms with van der Waals surface area (Å²) >= 11 is 1.64. The minimum absolute atomic E-state index is 0.00190. The van der Waals surface area contributed by atoms with Gasteiger partial charge in [-0.05, 0) is 20.8 Å². The molecule has 0 bridgehead atoms. The van der Waals surface area contributed by atoms with Crippen molar-refractivity contribution in [3.63, 3.8) is 0 Å². The highest BCUT2D eigenvalue weighted by Gasteiger charge is 2.12. The van der Waals surface area contributed by atoms with Crippen LogP contribution in [-0.4, -0.2) is 10.9 Å². The molecule has 1 aromatic heterocycles. The Morgan fingerprint density at radius 3 is 2.54 bits per heavy atom. The van der Waals surface area contributed by atoms with Crippen molar-refractivity contribution in [2.45, 2.75) is 33.7 Å². The summed E-state index contributed by atoms with van der Waals surface area (Å²) in [6, 6.07) is 0.0729. The van der Waals surface area contributed by atoms with Crippen LogP contribution in [0.25, 0.3) is 0 Å². The Balaban J connectivity index is 2.81. The van der Waals surface area contributed by atoms with Gasteiger partial charge in [0.15, 0.2) is 0 Å². The number of aryl methyl sites for hydroxylation is 2. The molecular weight excluding hydrogens is 184 g/mol. The Morgan fingerprint density at radius 2 is 2.15 bits per heavy atom. The SMILES string of the molecule is CC(=O)N[C@@H](C)c1sc(C)nc1C. The topological polar surface area (TPSA) is 42.0 Å². The van der Waals surface area contributed by atoms with Gasteiger partial charge in [0.1, 0.15) is 0 Å². The van der Waals surface area contributed by atoms with Crippen LogP contribution in [0.15, 0.2) is 0 Å². The number of carbonyl (C=O) groups excluding carboxylic acids is 1. The van der Waals surface area contributed by atoms with Gasteiger partial charge in [0, 0.05) is 11.8 Å². The fourth-order valence-corrected chi connectivity index (χ4v) is 2.25. The van der Waals surface area contributed by atoms with Gasteiger partial charge in [0.05, 0.1) is 16.7 Å². The van der Waals surface area contributed by atoms with Crippen LogP contribution in [-0.2, 0) is 4.79 Å². The molecular formula is C9H14N2OS. The van der Waals surface area contributed by atoms with Gasteiger partial charge < -0.3 is 5.32 Å². The smallest absolute Gasteiger partial charge is 0.217 e. The van der Waals surface area contributed by atoms with E-state index in [0.29, 0.717) is 0 Å². The maximum atomic E-state index is 10.8. The number of hydrogen-bond donors (Lipinski definition) is 1. The normalized spacial score (nSPS) is 12.6. The molecule has 0 aliphatic heterocycles. The Morgan fingerprint density at radius 1 is 1.54 bits per heavy atom. The molecule has 0 spiro atoms. The van der Waals surface area contributed by atoms with Crippen molar-refractivity contribution in [3.05, 3.63) is 15.6 Å². The minimum Gasteiger partial charge on any atom is -0.349 e. The molecule has 3 nitrogen and oxygen atoms in total. The van der Waals surface area contributed by atoms with E-state index in [9.17, 15) is 4.79 Å². The Bertz CT molecular complexity index is 319. The fourth-order valence-electron chi connectivity index (χ4n) is 1.32. The zero-order valence-corrected chi connectivity index (χ0v) is 9.16. The van der Waals surface area contributed by atoms with Gasteiger partial charge in [0.25, 0.3) is 0 Å². The second-order valence-corrected chi connectivity index (χ2v) is 4.34. The first kappa shape index (κ1) is 10.2. The summed E-state index contributed by atoms with van der Waals surface area (Å²) in [5.41, 5.74) is 1.02. The Hall–Kier alpha value is -0.900. The van der Waals surface area contributed by atoms with Crippen molar-refractivity contribution in [3.8, 4) is 0 Å². The van der Waals surface area contributed by atoms with Crippen LogP contribution in [0.3, 0.4) is 0 Å². The second-order valence-electron chi connectivity index (χ2n) is 3.10. The number of aromatic nitrogens is 1. The van der Waals surface area contributed by atoms with Crippen LogP contribution in [0.1, 0.15) is 35.5 Å². The van der Waals surface area contributed by atoms with E-state index in [2.05, 4.69) is 10.3 Å². The lowest BCUT2D eigenvalue weighted by atomic mass is 10.2. The highest BCUT2D eigenvalue weighted by Crippen LogP contribution is 2.23. The second kappa shape index (κ2) is 3.87. The average Bonchev–Trinajstić information content (AvgIpc) is 2.28. The van der Waals surface area contributed by atoms with Crippen LogP contribution in [0.2, 0.25) is 0 Å². The van der Waals surface area contributed by atoms with Gasteiger partial charge >= 0.3 is 0 Å². The van der Waals surface area contributed by atoms with E-state index in [-0.39, 0.29) is 11.9 Å². The third-order valence-corrected chi connectivity index (χ3v) is 3.01. The van der Waals surface area contributed by atoms with Gasteiger partial charge in [-0.25, -0.2) is 4.98 Å². The molecule has 0 saturated carbocycles. The van der Waals surface area contributed by atoms with E-state index >= 15 is 0 Å². The summed E-state index contributed by atoms with van der Waals surface area (Å²) in [6.45, 7) is 7.44. The van der Waals surface area contributed by atoms with E-state index < -0.39 is 0 Å². The lowest BCUT2D eigenvalue weighted by molar-refractivity contribution is -0.119. The first-order chi connectivity index (χ1) is 6.00. The molecule has 0 aliphatic rings. The molecule has 1 rings (SSSR count). The molecule has 1 N–H and O–H groups in total. The summed E-state index contributed by atoms with van der Waals surface area (Å²) in [5.74, 6) is -0.00190. The predicted molar refractivity (Wildman–Crippen MR) is 53.8 cm³/mol. The molecule has 13 heavy (non-hydrogen) atoms. The van der Waals surface area contributed by atoms with Crippen molar-refractivity contribution in [1.29, 1.82) is 0 Å². The number of carbonyl (C=O) groups is 1. The molecule has 0 unspecified atom stereocenters. The fraction of sp³-hybridized carbons (Fsp3) is 0.556. The van der Waals surface area contributed by atoms with E-state index in [1.165, 1.54) is 6.92 Å². The van der Waals surface area contributed by atoms with Crippen molar-refractivity contribution >= 4 is 17.2 Å². The maximum absolute atomic E-state index is 10.8. The molecule has 0 aromatic carbocycles. The van der Waals surface area contributed by atoms with Crippen LogP contribution in [0.5, 0.6) is 0 Å². The van der Waals surface area contributed by atoms with Crippen LogP contribution < -0.4 is 5.32 Å². The summed E-state index contributed by atoms with van der Waals surface area (Å²) in [6.07, 6.45) is 0. The van der Waals surface area contributed by atoms with Gasteiger partial charge in [-0.15, -0.1) is 11.3 Å². The summed E-state index contributed by atoms with van der Waals surface area (Å²) in [5, 5.41) is 3.89. The van der Waals surface area contributed by atoms with Crippen molar-refractivity contribution < 1.29 is 4.79 Å². The first-order valence-corrected chi connectivity index (χ1v) is 5.03. The largest absolute Gasteiger partial charge is 0.349 e. The summed E-state index contributed by atoms with van der Waals surface area (Å²) in [7, 11) is 0. The van der Waals surface area contributed by atoms with Gasteiger partial charge in [-0.1, -0.05) is 0 Å². The molecule has 1 amide bonds. The highest BCUT2D eigenvalue weighted by molar-refractivity contribution is 7.11. The van der Waals surface area contributed by atoms with Crippen LogP contribution >= 0.6 is 11.3 Å². The zero-order chi connectivity index (χ0) is 10.0. The lowest BCUT2D eigenvalue weighted by Gasteiger charge is -2.10. The molecule has 72 valence electrons. The Labute approximate surface area is 82.2 Å². The molecule has 1 heterocycles. The summed E-state index contributed by atoms with van der Waals surface area (Å²) < 4.78 is 0.